The van der Waals surface area contributed by atoms with Crippen molar-refractivity contribution in [1.82, 2.24) is 0 Å². The minimum absolute atomic E-state index is 0.00191. The van der Waals surface area contributed by atoms with Gasteiger partial charge in [0.2, 0.25) is 0 Å². The topological polar surface area (TPSA) is 60.4 Å². The first kappa shape index (κ1) is 18.9. The Bertz CT molecular complexity index is 747. The Hall–Kier alpha value is -1.45. The number of esters is 1. The van der Waals surface area contributed by atoms with Crippen LogP contribution >= 0.6 is 0 Å². The maximum Gasteiger partial charge on any atom is 0.302 e. The van der Waals surface area contributed by atoms with Crippen LogP contribution in [0.2, 0.25) is 0 Å². The summed E-state index contributed by atoms with van der Waals surface area (Å²) in [5, 5.41) is 0. The lowest BCUT2D eigenvalue weighted by Crippen LogP contribution is -2.56. The van der Waals surface area contributed by atoms with Gasteiger partial charge in [0.05, 0.1) is 0 Å². The third-order valence-electron chi connectivity index (χ3n) is 8.78. The van der Waals surface area contributed by atoms with E-state index in [0.717, 1.165) is 37.7 Å². The van der Waals surface area contributed by atoms with Gasteiger partial charge >= 0.3 is 5.97 Å². The molecule has 0 aromatic heterocycles. The molecule has 0 bridgehead atoms. The molecule has 0 saturated heterocycles. The van der Waals surface area contributed by atoms with Crippen molar-refractivity contribution in [3.63, 3.8) is 0 Å². The lowest BCUT2D eigenvalue weighted by Gasteiger charge is -2.58. The highest BCUT2D eigenvalue weighted by atomic mass is 16.5. The van der Waals surface area contributed by atoms with Crippen LogP contribution in [0.5, 0.6) is 0 Å². The molecule has 4 aliphatic carbocycles. The molecule has 6 unspecified atom stereocenters. The number of ketones is 2. The van der Waals surface area contributed by atoms with Gasteiger partial charge in [0.25, 0.3) is 0 Å². The largest absolute Gasteiger partial charge is 0.462 e. The molecule has 0 N–H and O–H groups in total. The van der Waals surface area contributed by atoms with Crippen LogP contribution < -0.4 is 0 Å². The minimum atomic E-state index is -0.537. The highest BCUT2D eigenvalue weighted by molar-refractivity contribution is 5.98. The van der Waals surface area contributed by atoms with Crippen LogP contribution in [0.1, 0.15) is 73.1 Å². The van der Waals surface area contributed by atoms with E-state index in [0.29, 0.717) is 12.3 Å². The standard InChI is InChI=1S/C23H32O4/c1-13(24)27-19-7-6-14-20-15(8-10-23(14,19)5)22(4)11-9-18(26)21(2,3)17(22)12-16(20)25/h12,14-15,19-20H,6-11H2,1-5H3. The first-order chi connectivity index (χ1) is 12.5. The second kappa shape index (κ2) is 5.78. The number of rotatable bonds is 1. The normalized spacial score (nSPS) is 45.4. The molecule has 4 aliphatic rings. The maximum atomic E-state index is 13.3. The van der Waals surface area contributed by atoms with Gasteiger partial charge in [0.1, 0.15) is 11.9 Å². The predicted octanol–water partition coefficient (Wildman–Crippen LogP) is 4.27. The van der Waals surface area contributed by atoms with E-state index in [9.17, 15) is 14.4 Å². The van der Waals surface area contributed by atoms with Crippen LogP contribution in [-0.2, 0) is 19.1 Å². The van der Waals surface area contributed by atoms with Crippen molar-refractivity contribution in [2.75, 3.05) is 0 Å². The Morgan fingerprint density at radius 3 is 2.41 bits per heavy atom. The van der Waals surface area contributed by atoms with E-state index in [1.807, 2.05) is 19.9 Å². The highest BCUT2D eigenvalue weighted by Crippen LogP contribution is 2.66. The fourth-order valence-corrected chi connectivity index (χ4v) is 7.25. The average Bonchev–Trinajstić information content (AvgIpc) is 2.90. The van der Waals surface area contributed by atoms with Gasteiger partial charge in [-0.1, -0.05) is 13.8 Å². The Balaban J connectivity index is 1.74. The van der Waals surface area contributed by atoms with Gasteiger partial charge in [0, 0.05) is 30.1 Å². The quantitative estimate of drug-likeness (QED) is 0.645. The molecule has 3 fully saturated rings. The highest BCUT2D eigenvalue weighted by Gasteiger charge is 2.63. The molecule has 0 aromatic carbocycles. The van der Waals surface area contributed by atoms with E-state index in [-0.39, 0.29) is 46.3 Å². The number of hydrogen-bond donors (Lipinski definition) is 0. The molecular weight excluding hydrogens is 340 g/mol. The second-order valence-corrected chi connectivity index (χ2v) is 10.4. The van der Waals surface area contributed by atoms with Crippen molar-refractivity contribution in [3.8, 4) is 0 Å². The third kappa shape index (κ3) is 2.44. The molecule has 4 rings (SSSR count). The molecule has 0 amide bonds. The summed E-state index contributed by atoms with van der Waals surface area (Å²) in [7, 11) is 0. The maximum absolute atomic E-state index is 13.3. The molecule has 0 aliphatic heterocycles. The summed E-state index contributed by atoms with van der Waals surface area (Å²) in [6, 6.07) is 0. The van der Waals surface area contributed by atoms with Gasteiger partial charge in [-0.3, -0.25) is 14.4 Å². The lowest BCUT2D eigenvalue weighted by atomic mass is 9.45. The van der Waals surface area contributed by atoms with Crippen LogP contribution in [0.15, 0.2) is 11.6 Å². The molecule has 0 radical (unpaired) electrons. The summed E-state index contributed by atoms with van der Waals surface area (Å²) in [5.41, 5.74) is 0.349. The van der Waals surface area contributed by atoms with Crippen molar-refractivity contribution >= 4 is 17.5 Å². The third-order valence-corrected chi connectivity index (χ3v) is 8.78. The SMILES string of the molecule is CC(=O)OC1CCC2C3C(=O)C=C4C(C)(C)C(=O)CCC4(C)C3CCC12C. The van der Waals surface area contributed by atoms with Crippen molar-refractivity contribution in [2.24, 2.45) is 34.0 Å². The zero-order valence-corrected chi connectivity index (χ0v) is 17.3. The average molecular weight is 373 g/mol. The van der Waals surface area contributed by atoms with E-state index in [2.05, 4.69) is 13.8 Å². The van der Waals surface area contributed by atoms with E-state index >= 15 is 0 Å². The van der Waals surface area contributed by atoms with Crippen LogP contribution in [0, 0.1) is 34.0 Å². The smallest absolute Gasteiger partial charge is 0.302 e. The summed E-state index contributed by atoms with van der Waals surface area (Å²) in [5.74, 6) is 0.807. The first-order valence-electron chi connectivity index (χ1n) is 10.5. The summed E-state index contributed by atoms with van der Waals surface area (Å²) in [6.45, 7) is 9.97. The van der Waals surface area contributed by atoms with E-state index in [1.165, 1.54) is 6.92 Å². The van der Waals surface area contributed by atoms with Gasteiger partial charge in [-0.05, 0) is 74.9 Å². The van der Waals surface area contributed by atoms with Gasteiger partial charge < -0.3 is 4.74 Å². The van der Waals surface area contributed by atoms with Crippen molar-refractivity contribution < 1.29 is 19.1 Å². The summed E-state index contributed by atoms with van der Waals surface area (Å²) in [6.07, 6.45) is 6.99. The van der Waals surface area contributed by atoms with Gasteiger partial charge in [-0.15, -0.1) is 0 Å². The minimum Gasteiger partial charge on any atom is -0.462 e. The molecule has 27 heavy (non-hydrogen) atoms. The Labute approximate surface area is 162 Å². The summed E-state index contributed by atoms with van der Waals surface area (Å²) >= 11 is 0. The number of allylic oxidation sites excluding steroid dienone is 2. The molecular formula is C23H32O4. The first-order valence-corrected chi connectivity index (χ1v) is 10.5. The zero-order chi connectivity index (χ0) is 19.8. The molecule has 3 saturated carbocycles. The van der Waals surface area contributed by atoms with E-state index in [4.69, 9.17) is 4.74 Å². The number of ether oxygens (including phenoxy) is 1. The van der Waals surface area contributed by atoms with Crippen LogP contribution in [0.4, 0.5) is 0 Å². The van der Waals surface area contributed by atoms with Gasteiger partial charge in [0.15, 0.2) is 5.78 Å². The summed E-state index contributed by atoms with van der Waals surface area (Å²) in [4.78, 5) is 37.5. The fourth-order valence-electron chi connectivity index (χ4n) is 7.25. The van der Waals surface area contributed by atoms with Crippen molar-refractivity contribution in [3.05, 3.63) is 11.6 Å². The molecule has 6 atom stereocenters. The van der Waals surface area contributed by atoms with E-state index < -0.39 is 5.41 Å². The van der Waals surface area contributed by atoms with Crippen LogP contribution in [-0.4, -0.2) is 23.6 Å². The molecule has 148 valence electrons. The Morgan fingerprint density at radius 2 is 1.74 bits per heavy atom. The van der Waals surface area contributed by atoms with Crippen LogP contribution in [0.25, 0.3) is 0 Å². The van der Waals surface area contributed by atoms with E-state index in [1.54, 1.807) is 0 Å². The Morgan fingerprint density at radius 1 is 1.04 bits per heavy atom. The number of carbonyl (C=O) groups excluding carboxylic acids is 3. The van der Waals surface area contributed by atoms with Crippen molar-refractivity contribution in [2.45, 2.75) is 79.2 Å². The monoisotopic (exact) mass is 372 g/mol. The van der Waals surface area contributed by atoms with Gasteiger partial charge in [-0.2, -0.15) is 0 Å². The molecule has 0 aromatic rings. The van der Waals surface area contributed by atoms with Crippen LogP contribution in [0.3, 0.4) is 0 Å². The molecule has 0 spiro atoms. The second-order valence-electron chi connectivity index (χ2n) is 10.4. The number of hydrogen-bond acceptors (Lipinski definition) is 4. The van der Waals surface area contributed by atoms with Gasteiger partial charge in [-0.25, -0.2) is 0 Å². The zero-order valence-electron chi connectivity index (χ0n) is 17.3. The molecule has 4 heteroatoms. The molecule has 4 nitrogen and oxygen atoms in total. The number of fused-ring (bicyclic) bond motifs is 5. The van der Waals surface area contributed by atoms with Crippen molar-refractivity contribution in [1.29, 1.82) is 0 Å². The Kier molecular flexibility index (Phi) is 4.04. The number of carbonyl (C=O) groups is 3. The number of Topliss-reactive ketones (excluding diaryl/α,β-unsaturated/α-hetero) is 1. The predicted molar refractivity (Wildman–Crippen MR) is 102 cm³/mol. The lowest BCUT2D eigenvalue weighted by molar-refractivity contribution is -0.158. The summed E-state index contributed by atoms with van der Waals surface area (Å²) < 4.78 is 5.67. The fraction of sp³-hybridized carbons (Fsp3) is 0.783. The molecule has 0 heterocycles.